The summed E-state index contributed by atoms with van der Waals surface area (Å²) in [7, 11) is -3.02. The zero-order valence-electron chi connectivity index (χ0n) is 6.64. The summed E-state index contributed by atoms with van der Waals surface area (Å²) in [6.07, 6.45) is 5.92. The van der Waals surface area contributed by atoms with Gasteiger partial charge in [0.05, 0.1) is 0 Å². The van der Waals surface area contributed by atoms with Crippen LogP contribution in [-0.4, -0.2) is 19.7 Å². The molecule has 12 heavy (non-hydrogen) atoms. The van der Waals surface area contributed by atoms with E-state index in [-0.39, 0.29) is 0 Å². The Morgan fingerprint density at radius 2 is 1.92 bits per heavy atom. The van der Waals surface area contributed by atoms with Crippen LogP contribution >= 0.6 is 0 Å². The minimum absolute atomic E-state index is 0.829. The molecule has 1 aromatic heterocycles. The van der Waals surface area contributed by atoms with E-state index >= 15 is 0 Å². The minimum Gasteiger partial charge on any atom is -0.265 e. The Morgan fingerprint density at radius 1 is 1.33 bits per heavy atom. The van der Waals surface area contributed by atoms with Gasteiger partial charge in [0.15, 0.2) is 9.84 Å². The van der Waals surface area contributed by atoms with E-state index in [9.17, 15) is 8.42 Å². The van der Waals surface area contributed by atoms with Crippen molar-refractivity contribution in [3.8, 4) is 0 Å². The zero-order chi connectivity index (χ0) is 9.03. The summed E-state index contributed by atoms with van der Waals surface area (Å²) < 4.78 is 21.4. The molecule has 1 heterocycles. The van der Waals surface area contributed by atoms with Crippen molar-refractivity contribution in [3.05, 3.63) is 35.5 Å². The van der Waals surface area contributed by atoms with Crippen LogP contribution < -0.4 is 0 Å². The number of hydrogen-bond acceptors (Lipinski definition) is 3. The lowest BCUT2D eigenvalue weighted by molar-refractivity contribution is 0.610. The van der Waals surface area contributed by atoms with E-state index in [1.165, 1.54) is 11.5 Å². The topological polar surface area (TPSA) is 47.0 Å². The first kappa shape index (κ1) is 8.93. The van der Waals surface area contributed by atoms with Gasteiger partial charge < -0.3 is 0 Å². The molecule has 3 nitrogen and oxygen atoms in total. The van der Waals surface area contributed by atoms with Crippen molar-refractivity contribution in [2.45, 2.75) is 0 Å². The maximum atomic E-state index is 10.7. The van der Waals surface area contributed by atoms with Gasteiger partial charge in [-0.25, -0.2) is 8.42 Å². The molecular formula is C8H9NO2S. The predicted octanol–water partition coefficient (Wildman–Crippen LogP) is 1.10. The molecule has 0 aromatic carbocycles. The largest absolute Gasteiger partial charge is 0.265 e. The Balaban J connectivity index is 2.85. The first-order valence-corrected chi connectivity index (χ1v) is 5.31. The third-order valence-electron chi connectivity index (χ3n) is 1.21. The third kappa shape index (κ3) is 3.30. The lowest BCUT2D eigenvalue weighted by Gasteiger charge is -1.89. The van der Waals surface area contributed by atoms with Crippen molar-refractivity contribution < 1.29 is 8.42 Å². The van der Waals surface area contributed by atoms with Crippen LogP contribution in [0.25, 0.3) is 6.08 Å². The summed E-state index contributed by atoms with van der Waals surface area (Å²) in [5.74, 6) is 0. The highest BCUT2D eigenvalue weighted by atomic mass is 32.2. The first-order valence-electron chi connectivity index (χ1n) is 3.36. The number of aromatic nitrogens is 1. The number of sulfone groups is 1. The second-order valence-corrected chi connectivity index (χ2v) is 4.34. The predicted molar refractivity (Wildman–Crippen MR) is 48.1 cm³/mol. The van der Waals surface area contributed by atoms with E-state index in [2.05, 4.69) is 4.98 Å². The van der Waals surface area contributed by atoms with Gasteiger partial charge in [-0.3, -0.25) is 4.98 Å². The molecule has 0 aliphatic carbocycles. The Morgan fingerprint density at radius 3 is 2.42 bits per heavy atom. The fraction of sp³-hybridized carbons (Fsp3) is 0.125. The Kier molecular flexibility index (Phi) is 2.60. The fourth-order valence-electron chi connectivity index (χ4n) is 0.677. The van der Waals surface area contributed by atoms with Gasteiger partial charge in [0.1, 0.15) is 0 Å². The van der Waals surface area contributed by atoms with Crippen molar-refractivity contribution in [1.29, 1.82) is 0 Å². The number of hydrogen-bond donors (Lipinski definition) is 0. The van der Waals surface area contributed by atoms with Crippen molar-refractivity contribution >= 4 is 15.9 Å². The molecule has 0 amide bonds. The molecular weight excluding hydrogens is 174 g/mol. The molecule has 4 heteroatoms. The average Bonchev–Trinajstić information content (AvgIpc) is 2.02. The van der Waals surface area contributed by atoms with Crippen LogP contribution in [0.5, 0.6) is 0 Å². The SMILES string of the molecule is CS(=O)(=O)C=Cc1ccncc1. The smallest absolute Gasteiger partial charge is 0.168 e. The van der Waals surface area contributed by atoms with Crippen molar-refractivity contribution in [2.24, 2.45) is 0 Å². The van der Waals surface area contributed by atoms with Crippen molar-refractivity contribution in [1.82, 2.24) is 4.98 Å². The molecule has 0 saturated carbocycles. The molecule has 0 bridgehead atoms. The van der Waals surface area contributed by atoms with E-state index in [0.717, 1.165) is 11.8 Å². The lowest BCUT2D eigenvalue weighted by atomic mass is 10.3. The molecule has 0 spiro atoms. The average molecular weight is 183 g/mol. The minimum atomic E-state index is -3.02. The molecule has 0 unspecified atom stereocenters. The van der Waals surface area contributed by atoms with Crippen molar-refractivity contribution in [2.75, 3.05) is 6.26 Å². The Labute approximate surface area is 71.7 Å². The summed E-state index contributed by atoms with van der Waals surface area (Å²) in [5, 5.41) is 1.17. The maximum absolute atomic E-state index is 10.7. The van der Waals surface area contributed by atoms with Crippen LogP contribution in [0.15, 0.2) is 29.9 Å². The second-order valence-electron chi connectivity index (χ2n) is 2.41. The molecule has 0 radical (unpaired) electrons. The molecule has 1 aromatic rings. The second kappa shape index (κ2) is 3.49. The van der Waals surface area contributed by atoms with E-state index < -0.39 is 9.84 Å². The molecule has 0 fully saturated rings. The monoisotopic (exact) mass is 183 g/mol. The molecule has 0 atom stereocenters. The highest BCUT2D eigenvalue weighted by Crippen LogP contribution is 2.00. The van der Waals surface area contributed by atoms with Gasteiger partial charge in [0, 0.05) is 24.1 Å². The van der Waals surface area contributed by atoms with Gasteiger partial charge in [0.25, 0.3) is 0 Å². The van der Waals surface area contributed by atoms with Gasteiger partial charge in [0.2, 0.25) is 0 Å². The summed E-state index contributed by atoms with van der Waals surface area (Å²) >= 11 is 0. The molecule has 0 N–H and O–H groups in total. The van der Waals surface area contributed by atoms with Crippen LogP contribution in [-0.2, 0) is 9.84 Å². The van der Waals surface area contributed by atoms with Gasteiger partial charge in [-0.1, -0.05) is 0 Å². The normalized spacial score (nSPS) is 12.1. The molecule has 0 saturated heterocycles. The molecule has 0 aliphatic rings. The van der Waals surface area contributed by atoms with E-state index in [4.69, 9.17) is 0 Å². The zero-order valence-corrected chi connectivity index (χ0v) is 7.45. The molecule has 64 valence electrons. The summed E-state index contributed by atoms with van der Waals surface area (Å²) in [6, 6.07) is 3.48. The molecule has 0 aliphatic heterocycles. The highest BCUT2D eigenvalue weighted by Gasteiger charge is 1.92. The fourth-order valence-corrected chi connectivity index (χ4v) is 1.08. The van der Waals surface area contributed by atoms with Gasteiger partial charge in [-0.2, -0.15) is 0 Å². The Hall–Kier alpha value is -1.16. The van der Waals surface area contributed by atoms with Gasteiger partial charge in [-0.05, 0) is 23.8 Å². The van der Waals surface area contributed by atoms with E-state index in [1.807, 2.05) is 0 Å². The first-order chi connectivity index (χ1) is 5.58. The van der Waals surface area contributed by atoms with E-state index in [1.54, 1.807) is 24.5 Å². The van der Waals surface area contributed by atoms with Gasteiger partial charge in [-0.15, -0.1) is 0 Å². The molecule has 1 rings (SSSR count). The van der Waals surface area contributed by atoms with E-state index in [0.29, 0.717) is 0 Å². The third-order valence-corrected chi connectivity index (χ3v) is 1.84. The Bertz CT molecular complexity index is 367. The van der Waals surface area contributed by atoms with Crippen LogP contribution in [0.1, 0.15) is 5.56 Å². The standard InChI is InChI=1S/C8H9NO2S/c1-12(10,11)7-4-8-2-5-9-6-3-8/h2-7H,1H3. The van der Waals surface area contributed by atoms with Crippen LogP contribution in [0.3, 0.4) is 0 Å². The lowest BCUT2D eigenvalue weighted by Crippen LogP contribution is -1.87. The summed E-state index contributed by atoms with van der Waals surface area (Å²) in [5.41, 5.74) is 0.829. The van der Waals surface area contributed by atoms with Crippen LogP contribution in [0, 0.1) is 0 Å². The van der Waals surface area contributed by atoms with Crippen molar-refractivity contribution in [3.63, 3.8) is 0 Å². The number of rotatable bonds is 2. The maximum Gasteiger partial charge on any atom is 0.168 e. The number of pyridine rings is 1. The highest BCUT2D eigenvalue weighted by molar-refractivity contribution is 7.93. The quantitative estimate of drug-likeness (QED) is 0.689. The summed E-state index contributed by atoms with van der Waals surface area (Å²) in [6.45, 7) is 0. The number of nitrogens with zero attached hydrogens (tertiary/aromatic N) is 1. The van der Waals surface area contributed by atoms with Gasteiger partial charge >= 0.3 is 0 Å². The van der Waals surface area contributed by atoms with Crippen LogP contribution in [0.4, 0.5) is 0 Å². The van der Waals surface area contributed by atoms with Crippen LogP contribution in [0.2, 0.25) is 0 Å². The summed E-state index contributed by atoms with van der Waals surface area (Å²) in [4.78, 5) is 3.81.